The molecule has 0 spiro atoms. The van der Waals surface area contributed by atoms with E-state index in [9.17, 15) is 9.59 Å². The lowest BCUT2D eigenvalue weighted by atomic mass is 10.2. The van der Waals surface area contributed by atoms with E-state index in [1.165, 1.54) is 25.0 Å². The number of hydrogen-bond donors (Lipinski definition) is 3. The van der Waals surface area contributed by atoms with E-state index < -0.39 is 5.97 Å². The molecule has 1 aliphatic carbocycles. The molecule has 0 bridgehead atoms. The topological polar surface area (TPSA) is 78.4 Å². The van der Waals surface area contributed by atoms with Crippen LogP contribution in [-0.2, 0) is 4.79 Å². The maximum atomic E-state index is 11.7. The smallest absolute Gasteiger partial charge is 0.335 e. The minimum absolute atomic E-state index is 0.0233. The number of halogens is 2. The van der Waals surface area contributed by atoms with E-state index in [-0.39, 0.29) is 33.7 Å². The zero-order chi connectivity index (χ0) is 14.7. The van der Waals surface area contributed by atoms with Gasteiger partial charge in [-0.1, -0.05) is 23.2 Å². The van der Waals surface area contributed by atoms with Crippen LogP contribution in [0.15, 0.2) is 12.1 Å². The number of carboxylic acid groups (broad SMARTS) is 1. The molecule has 1 aromatic carbocycles. The second-order valence-corrected chi connectivity index (χ2v) is 5.56. The molecule has 1 fully saturated rings. The van der Waals surface area contributed by atoms with Gasteiger partial charge < -0.3 is 15.7 Å². The van der Waals surface area contributed by atoms with Gasteiger partial charge in [-0.3, -0.25) is 4.79 Å². The quantitative estimate of drug-likeness (QED) is 0.754. The number of amides is 1. The van der Waals surface area contributed by atoms with Crippen LogP contribution < -0.4 is 10.6 Å². The van der Waals surface area contributed by atoms with Crippen LogP contribution in [0.4, 0.5) is 5.69 Å². The first-order valence-electron chi connectivity index (χ1n) is 6.20. The Kier molecular flexibility index (Phi) is 4.86. The van der Waals surface area contributed by atoms with Gasteiger partial charge in [0, 0.05) is 0 Å². The van der Waals surface area contributed by atoms with Crippen LogP contribution in [0.5, 0.6) is 0 Å². The highest BCUT2D eigenvalue weighted by atomic mass is 35.5. The van der Waals surface area contributed by atoms with E-state index in [0.717, 1.165) is 6.54 Å². The fraction of sp³-hybridized carbons (Fsp3) is 0.385. The molecule has 3 N–H and O–H groups in total. The first-order chi connectivity index (χ1) is 9.47. The van der Waals surface area contributed by atoms with Crippen LogP contribution in [0, 0.1) is 5.92 Å². The molecule has 108 valence electrons. The maximum absolute atomic E-state index is 11.7. The number of hydrogen-bond acceptors (Lipinski definition) is 3. The summed E-state index contributed by atoms with van der Waals surface area (Å²) < 4.78 is 0. The number of carbonyl (C=O) groups is 2. The van der Waals surface area contributed by atoms with Crippen molar-refractivity contribution < 1.29 is 14.7 Å². The molecule has 0 unspecified atom stereocenters. The Labute approximate surface area is 126 Å². The SMILES string of the molecule is O=C(CNCC1CC1)Nc1c(Cl)cc(C(=O)O)cc1Cl. The third-order valence-corrected chi connectivity index (χ3v) is 3.57. The van der Waals surface area contributed by atoms with Gasteiger partial charge in [-0.25, -0.2) is 4.79 Å². The summed E-state index contributed by atoms with van der Waals surface area (Å²) in [6.45, 7) is 0.997. The average molecular weight is 317 g/mol. The van der Waals surface area contributed by atoms with Crippen LogP contribution >= 0.6 is 23.2 Å². The van der Waals surface area contributed by atoms with Crippen molar-refractivity contribution in [1.29, 1.82) is 0 Å². The maximum Gasteiger partial charge on any atom is 0.335 e. The van der Waals surface area contributed by atoms with Crippen LogP contribution in [0.3, 0.4) is 0 Å². The van der Waals surface area contributed by atoms with Gasteiger partial charge in [-0.05, 0) is 37.4 Å². The van der Waals surface area contributed by atoms with Gasteiger partial charge in [0.25, 0.3) is 0 Å². The predicted octanol–water partition coefficient (Wildman–Crippen LogP) is 2.63. The minimum Gasteiger partial charge on any atom is -0.478 e. The van der Waals surface area contributed by atoms with E-state index >= 15 is 0 Å². The van der Waals surface area contributed by atoms with Gasteiger partial charge in [0.2, 0.25) is 5.91 Å². The Hall–Kier alpha value is -1.30. The Balaban J connectivity index is 1.97. The molecule has 0 atom stereocenters. The number of carbonyl (C=O) groups excluding carboxylic acids is 1. The molecule has 0 saturated heterocycles. The number of nitrogens with one attached hydrogen (secondary N) is 2. The largest absolute Gasteiger partial charge is 0.478 e. The molecule has 2 rings (SSSR count). The second-order valence-electron chi connectivity index (χ2n) is 4.74. The van der Waals surface area contributed by atoms with Crippen LogP contribution in [0.2, 0.25) is 10.0 Å². The summed E-state index contributed by atoms with van der Waals surface area (Å²) in [5.41, 5.74) is 0.210. The van der Waals surface area contributed by atoms with Crippen molar-refractivity contribution in [3.8, 4) is 0 Å². The van der Waals surface area contributed by atoms with E-state index in [1.807, 2.05) is 0 Å². The highest BCUT2D eigenvalue weighted by Crippen LogP contribution is 2.32. The Bertz CT molecular complexity index is 521. The lowest BCUT2D eigenvalue weighted by Crippen LogP contribution is -2.29. The van der Waals surface area contributed by atoms with Crippen molar-refractivity contribution in [3.05, 3.63) is 27.7 Å². The van der Waals surface area contributed by atoms with Gasteiger partial charge in [0.15, 0.2) is 0 Å². The molecule has 20 heavy (non-hydrogen) atoms. The molecule has 1 aromatic rings. The molecule has 0 aliphatic heterocycles. The number of rotatable bonds is 6. The Morgan fingerprint density at radius 2 is 1.85 bits per heavy atom. The van der Waals surface area contributed by atoms with E-state index in [4.69, 9.17) is 28.3 Å². The molecule has 0 heterocycles. The van der Waals surface area contributed by atoms with Crippen molar-refractivity contribution in [1.82, 2.24) is 5.32 Å². The van der Waals surface area contributed by atoms with Gasteiger partial charge in [-0.15, -0.1) is 0 Å². The monoisotopic (exact) mass is 316 g/mol. The van der Waals surface area contributed by atoms with Crippen LogP contribution in [0.25, 0.3) is 0 Å². The lowest BCUT2D eigenvalue weighted by molar-refractivity contribution is -0.115. The fourth-order valence-electron chi connectivity index (χ4n) is 1.71. The summed E-state index contributed by atoms with van der Waals surface area (Å²) in [4.78, 5) is 22.6. The highest BCUT2D eigenvalue weighted by Gasteiger charge is 2.21. The molecule has 7 heteroatoms. The number of carboxylic acids is 1. The third-order valence-electron chi connectivity index (χ3n) is 2.97. The number of anilines is 1. The molecule has 5 nitrogen and oxygen atoms in total. The summed E-state index contributed by atoms with van der Waals surface area (Å²) in [5.74, 6) is -0.708. The van der Waals surface area contributed by atoms with E-state index in [0.29, 0.717) is 5.92 Å². The fourth-order valence-corrected chi connectivity index (χ4v) is 2.29. The van der Waals surface area contributed by atoms with Gasteiger partial charge >= 0.3 is 5.97 Å². The van der Waals surface area contributed by atoms with Crippen LogP contribution in [0.1, 0.15) is 23.2 Å². The van der Waals surface area contributed by atoms with Crippen molar-refractivity contribution in [2.45, 2.75) is 12.8 Å². The molecule has 1 saturated carbocycles. The third kappa shape index (κ3) is 4.10. The normalized spacial score (nSPS) is 14.1. The van der Waals surface area contributed by atoms with E-state index in [1.54, 1.807) is 0 Å². The molecule has 0 radical (unpaired) electrons. The van der Waals surface area contributed by atoms with Gasteiger partial charge in [-0.2, -0.15) is 0 Å². The lowest BCUT2D eigenvalue weighted by Gasteiger charge is -2.10. The summed E-state index contributed by atoms with van der Waals surface area (Å²) in [7, 11) is 0. The predicted molar refractivity (Wildman–Crippen MR) is 77.6 cm³/mol. The zero-order valence-corrected chi connectivity index (χ0v) is 12.1. The summed E-state index contributed by atoms with van der Waals surface area (Å²) in [6.07, 6.45) is 2.42. The molecular weight excluding hydrogens is 303 g/mol. The molecule has 1 aliphatic rings. The van der Waals surface area contributed by atoms with E-state index in [2.05, 4.69) is 10.6 Å². The second kappa shape index (κ2) is 6.43. The Morgan fingerprint density at radius 1 is 1.25 bits per heavy atom. The van der Waals surface area contributed by atoms with Crippen molar-refractivity contribution in [2.75, 3.05) is 18.4 Å². The number of aromatic carboxylic acids is 1. The first-order valence-corrected chi connectivity index (χ1v) is 6.96. The summed E-state index contributed by atoms with van der Waals surface area (Å²) >= 11 is 11.9. The standard InChI is InChI=1S/C13H14Cl2N2O3/c14-9-3-8(13(19)20)4-10(15)12(9)17-11(18)6-16-5-7-1-2-7/h3-4,7,16H,1-2,5-6H2,(H,17,18)(H,19,20). The summed E-state index contributed by atoms with van der Waals surface area (Å²) in [6, 6.07) is 2.51. The van der Waals surface area contributed by atoms with Crippen LogP contribution in [-0.4, -0.2) is 30.1 Å². The number of benzene rings is 1. The summed E-state index contributed by atoms with van der Waals surface area (Å²) in [5, 5.41) is 14.7. The zero-order valence-electron chi connectivity index (χ0n) is 10.6. The van der Waals surface area contributed by atoms with Crippen molar-refractivity contribution in [3.63, 3.8) is 0 Å². The first kappa shape index (κ1) is 15.1. The molecular formula is C13H14Cl2N2O3. The van der Waals surface area contributed by atoms with Crippen molar-refractivity contribution >= 4 is 40.8 Å². The molecule has 1 amide bonds. The van der Waals surface area contributed by atoms with Gasteiger partial charge in [0.1, 0.15) is 0 Å². The Morgan fingerprint density at radius 3 is 2.35 bits per heavy atom. The minimum atomic E-state index is -1.13. The van der Waals surface area contributed by atoms with Gasteiger partial charge in [0.05, 0.1) is 27.8 Å². The van der Waals surface area contributed by atoms with Crippen molar-refractivity contribution in [2.24, 2.45) is 5.92 Å². The average Bonchev–Trinajstić information content (AvgIpc) is 3.17. The molecule has 0 aromatic heterocycles. The highest BCUT2D eigenvalue weighted by molar-refractivity contribution is 6.40.